The maximum Gasteiger partial charge on any atom is 0.407 e. The van der Waals surface area contributed by atoms with Crippen molar-refractivity contribution in [1.29, 1.82) is 0 Å². The minimum atomic E-state index is -0.890. The Morgan fingerprint density at radius 1 is 1.14 bits per heavy atom. The number of likely N-dealkylation sites (tertiary alicyclic amines) is 1. The molecule has 3 aliphatic rings. The summed E-state index contributed by atoms with van der Waals surface area (Å²) in [6.07, 6.45) is 5.34. The number of nitrogens with one attached hydrogen (secondary N) is 1. The number of carbonyl (C=O) groups excluding carboxylic acids is 1. The number of amides is 3. The highest BCUT2D eigenvalue weighted by atomic mass is 16.5. The number of rotatable bonds is 2. The number of urea groups is 1. The minimum Gasteiger partial charge on any atom is -0.465 e. The van der Waals surface area contributed by atoms with E-state index in [1.54, 1.807) is 4.90 Å². The van der Waals surface area contributed by atoms with Crippen molar-refractivity contribution in [2.45, 2.75) is 51.8 Å². The quantitative estimate of drug-likeness (QED) is 0.534. The summed E-state index contributed by atoms with van der Waals surface area (Å²) in [5.74, 6) is 0. The molecule has 2 atom stereocenters. The summed E-state index contributed by atoms with van der Waals surface area (Å²) in [7, 11) is 0. The monoisotopic (exact) mass is 503 g/mol. The lowest BCUT2D eigenvalue weighted by Crippen LogP contribution is -2.51. The third-order valence-corrected chi connectivity index (χ3v) is 8.09. The Kier molecular flexibility index (Phi) is 6.03. The fourth-order valence-electron chi connectivity index (χ4n) is 6.13. The minimum absolute atomic E-state index is 0.0325. The lowest BCUT2D eigenvalue weighted by Gasteiger charge is -2.38. The van der Waals surface area contributed by atoms with Gasteiger partial charge in [-0.1, -0.05) is 6.07 Å². The van der Waals surface area contributed by atoms with Gasteiger partial charge in [0.2, 0.25) is 0 Å². The van der Waals surface area contributed by atoms with Gasteiger partial charge in [-0.3, -0.25) is 0 Å². The number of morpholine rings is 1. The van der Waals surface area contributed by atoms with E-state index >= 15 is 0 Å². The van der Waals surface area contributed by atoms with Crippen LogP contribution in [0.25, 0.3) is 22.2 Å². The number of benzene rings is 1. The van der Waals surface area contributed by atoms with Crippen molar-refractivity contribution in [3.63, 3.8) is 0 Å². The van der Waals surface area contributed by atoms with E-state index in [2.05, 4.69) is 35.1 Å². The van der Waals surface area contributed by atoms with Crippen molar-refractivity contribution in [2.75, 3.05) is 32.8 Å². The van der Waals surface area contributed by atoms with Crippen LogP contribution in [0.2, 0.25) is 0 Å². The van der Waals surface area contributed by atoms with Crippen molar-refractivity contribution >= 4 is 23.2 Å². The van der Waals surface area contributed by atoms with Crippen LogP contribution in [0.5, 0.6) is 0 Å². The number of pyridine rings is 1. The van der Waals surface area contributed by atoms with Gasteiger partial charge in [0, 0.05) is 56.1 Å². The van der Waals surface area contributed by atoms with Crippen LogP contribution >= 0.6 is 0 Å². The zero-order valence-corrected chi connectivity index (χ0v) is 21.4. The number of aromatic amines is 1. The first-order valence-electron chi connectivity index (χ1n) is 13.1. The largest absolute Gasteiger partial charge is 0.465 e. The molecular weight excluding hydrogens is 470 g/mol. The first-order valence-corrected chi connectivity index (χ1v) is 13.1. The second kappa shape index (κ2) is 9.37. The molecular formula is C28H33N5O4. The average molecular weight is 504 g/mol. The Balaban J connectivity index is 1.40. The van der Waals surface area contributed by atoms with Gasteiger partial charge in [-0.15, -0.1) is 0 Å². The Labute approximate surface area is 216 Å². The Bertz CT molecular complexity index is 1370. The van der Waals surface area contributed by atoms with Crippen LogP contribution in [0.4, 0.5) is 9.59 Å². The number of fused-ring (bicyclic) bond motifs is 2. The van der Waals surface area contributed by atoms with Gasteiger partial charge in [0.1, 0.15) is 5.65 Å². The number of hydrogen-bond donors (Lipinski definition) is 2. The molecule has 0 aliphatic carbocycles. The summed E-state index contributed by atoms with van der Waals surface area (Å²) in [4.78, 5) is 38.7. The van der Waals surface area contributed by atoms with Crippen LogP contribution in [0.1, 0.15) is 48.1 Å². The smallest absolute Gasteiger partial charge is 0.407 e. The molecule has 0 spiro atoms. The standard InChI is InChI=1S/C28H33N5O4/c1-17-13-29-26-22(17)12-21(14-30-26)20-10-19-5-7-31(27(34)32-8-9-37-18(2)15-32)16-24(19)23(11-20)25-4-3-6-33(25)28(35)36/h10-14,18,25H,3-9,15-16H2,1-2H3,(H,29,30)(H,35,36). The number of nitrogens with zero attached hydrogens (tertiary/aromatic N) is 4. The van der Waals surface area contributed by atoms with E-state index in [0.29, 0.717) is 39.3 Å². The number of carbonyl (C=O) groups is 2. The highest BCUT2D eigenvalue weighted by molar-refractivity contribution is 5.85. The molecule has 2 fully saturated rings. The van der Waals surface area contributed by atoms with E-state index < -0.39 is 6.09 Å². The summed E-state index contributed by atoms with van der Waals surface area (Å²) >= 11 is 0. The number of carboxylic acid groups (broad SMARTS) is 1. The summed E-state index contributed by atoms with van der Waals surface area (Å²) < 4.78 is 5.63. The number of aromatic nitrogens is 2. The van der Waals surface area contributed by atoms with Crippen LogP contribution in [-0.4, -0.2) is 80.8 Å². The molecule has 3 amide bonds. The third kappa shape index (κ3) is 4.31. The first kappa shape index (κ1) is 23.8. The summed E-state index contributed by atoms with van der Waals surface area (Å²) in [6, 6.07) is 6.33. The van der Waals surface area contributed by atoms with E-state index in [9.17, 15) is 14.7 Å². The normalized spacial score (nSPS) is 21.9. The maximum absolute atomic E-state index is 13.4. The van der Waals surface area contributed by atoms with Crippen LogP contribution in [0, 0.1) is 6.92 Å². The molecule has 2 unspecified atom stereocenters. The molecule has 2 aromatic heterocycles. The van der Waals surface area contributed by atoms with Gasteiger partial charge in [0.25, 0.3) is 0 Å². The van der Waals surface area contributed by atoms with Gasteiger partial charge >= 0.3 is 12.1 Å². The van der Waals surface area contributed by atoms with Crippen molar-refractivity contribution in [3.8, 4) is 11.1 Å². The summed E-state index contributed by atoms with van der Waals surface area (Å²) in [5.41, 5.74) is 7.36. The molecule has 0 saturated carbocycles. The molecule has 5 heterocycles. The SMILES string of the molecule is Cc1c[nH]c2ncc(-c3cc4c(c(C5CCCN5C(=O)O)c3)CN(C(=O)N3CCOC(C)C3)CC4)cc12. The van der Waals surface area contributed by atoms with Gasteiger partial charge in [-0.2, -0.15) is 0 Å². The third-order valence-electron chi connectivity index (χ3n) is 8.09. The van der Waals surface area contributed by atoms with E-state index in [0.717, 1.165) is 58.1 Å². The van der Waals surface area contributed by atoms with Crippen LogP contribution in [-0.2, 0) is 17.7 Å². The van der Waals surface area contributed by atoms with Crippen molar-refractivity contribution < 1.29 is 19.4 Å². The van der Waals surface area contributed by atoms with Gasteiger partial charge in [0.15, 0.2) is 0 Å². The van der Waals surface area contributed by atoms with E-state index in [-0.39, 0.29) is 18.2 Å². The summed E-state index contributed by atoms with van der Waals surface area (Å²) in [5, 5.41) is 11.0. The zero-order chi connectivity index (χ0) is 25.7. The molecule has 2 N–H and O–H groups in total. The molecule has 2 saturated heterocycles. The first-order chi connectivity index (χ1) is 17.9. The zero-order valence-electron chi connectivity index (χ0n) is 21.4. The number of aryl methyl sites for hydroxylation is 1. The Hall–Kier alpha value is -3.59. The fourth-order valence-corrected chi connectivity index (χ4v) is 6.13. The topological polar surface area (TPSA) is 102 Å². The maximum atomic E-state index is 13.4. The van der Waals surface area contributed by atoms with Crippen molar-refractivity contribution in [1.82, 2.24) is 24.7 Å². The predicted molar refractivity (Wildman–Crippen MR) is 139 cm³/mol. The van der Waals surface area contributed by atoms with E-state index in [1.807, 2.05) is 29.1 Å². The fraction of sp³-hybridized carbons (Fsp3) is 0.464. The van der Waals surface area contributed by atoms with Gasteiger partial charge in [0.05, 0.1) is 18.8 Å². The molecule has 9 heteroatoms. The molecule has 37 heavy (non-hydrogen) atoms. The Morgan fingerprint density at radius 2 is 2.00 bits per heavy atom. The van der Waals surface area contributed by atoms with Gasteiger partial charge in [-0.05, 0) is 73.1 Å². The second-order valence-electron chi connectivity index (χ2n) is 10.5. The molecule has 3 aliphatic heterocycles. The van der Waals surface area contributed by atoms with Gasteiger partial charge < -0.3 is 29.5 Å². The van der Waals surface area contributed by atoms with Crippen LogP contribution in [0.3, 0.4) is 0 Å². The number of hydrogen-bond acceptors (Lipinski definition) is 4. The van der Waals surface area contributed by atoms with Crippen molar-refractivity contribution in [3.05, 3.63) is 52.8 Å². The highest BCUT2D eigenvalue weighted by Gasteiger charge is 2.35. The Morgan fingerprint density at radius 3 is 2.81 bits per heavy atom. The molecule has 0 bridgehead atoms. The van der Waals surface area contributed by atoms with Gasteiger partial charge in [-0.25, -0.2) is 14.6 Å². The molecule has 1 aromatic carbocycles. The predicted octanol–water partition coefficient (Wildman–Crippen LogP) is 4.55. The second-order valence-corrected chi connectivity index (χ2v) is 10.5. The number of H-pyrrole nitrogens is 1. The average Bonchev–Trinajstić information content (AvgIpc) is 3.54. The molecule has 6 rings (SSSR count). The number of ether oxygens (including phenoxy) is 1. The van der Waals surface area contributed by atoms with Crippen LogP contribution < -0.4 is 0 Å². The van der Waals surface area contributed by atoms with Crippen LogP contribution in [0.15, 0.2) is 30.6 Å². The lowest BCUT2D eigenvalue weighted by molar-refractivity contribution is -0.00975. The molecule has 0 radical (unpaired) electrons. The van der Waals surface area contributed by atoms with Crippen molar-refractivity contribution in [2.24, 2.45) is 0 Å². The molecule has 194 valence electrons. The van der Waals surface area contributed by atoms with E-state index in [4.69, 9.17) is 4.74 Å². The van der Waals surface area contributed by atoms with E-state index in [1.165, 1.54) is 5.56 Å². The molecule has 9 nitrogen and oxygen atoms in total. The lowest BCUT2D eigenvalue weighted by atomic mass is 9.87. The summed E-state index contributed by atoms with van der Waals surface area (Å²) in [6.45, 7) is 7.47. The molecule has 3 aromatic rings. The highest BCUT2D eigenvalue weighted by Crippen LogP contribution is 2.40.